The molecule has 112 valence electrons. The molecular formula is C11H16FN2O5P. The van der Waals surface area contributed by atoms with Gasteiger partial charge in [-0.3, -0.25) is 19.5 Å². The SMILES string of the molecule is CN(CC(=O)N(O)Cc1ccc(F)cc1)CP(=O)(O)O. The molecule has 0 unspecified atom stereocenters. The molecule has 0 aromatic heterocycles. The van der Waals surface area contributed by atoms with Crippen LogP contribution < -0.4 is 0 Å². The van der Waals surface area contributed by atoms with Gasteiger partial charge in [-0.05, 0) is 24.7 Å². The van der Waals surface area contributed by atoms with Gasteiger partial charge in [0.15, 0.2) is 0 Å². The lowest BCUT2D eigenvalue weighted by Gasteiger charge is -2.20. The summed E-state index contributed by atoms with van der Waals surface area (Å²) in [6.07, 6.45) is -0.580. The molecular weight excluding hydrogens is 290 g/mol. The first-order valence-corrected chi connectivity index (χ1v) is 7.44. The number of amides is 1. The maximum absolute atomic E-state index is 12.7. The maximum Gasteiger partial charge on any atom is 0.339 e. The molecule has 0 spiro atoms. The van der Waals surface area contributed by atoms with Gasteiger partial charge in [0.05, 0.1) is 13.1 Å². The Morgan fingerprint density at radius 3 is 2.35 bits per heavy atom. The molecule has 1 rings (SSSR count). The van der Waals surface area contributed by atoms with E-state index in [4.69, 9.17) is 9.79 Å². The van der Waals surface area contributed by atoms with Crippen LogP contribution in [-0.4, -0.2) is 50.7 Å². The molecule has 1 amide bonds. The van der Waals surface area contributed by atoms with E-state index in [0.717, 1.165) is 4.90 Å². The van der Waals surface area contributed by atoms with Crippen molar-refractivity contribution >= 4 is 13.5 Å². The second-order valence-corrected chi connectivity index (χ2v) is 6.01. The summed E-state index contributed by atoms with van der Waals surface area (Å²) in [5, 5.41) is 9.98. The van der Waals surface area contributed by atoms with Crippen molar-refractivity contribution in [1.82, 2.24) is 9.96 Å². The van der Waals surface area contributed by atoms with Gasteiger partial charge in [0.2, 0.25) is 0 Å². The number of benzene rings is 1. The maximum atomic E-state index is 12.7. The molecule has 1 aromatic rings. The molecule has 0 heterocycles. The Balaban J connectivity index is 2.50. The summed E-state index contributed by atoms with van der Waals surface area (Å²) >= 11 is 0. The topological polar surface area (TPSA) is 101 Å². The molecule has 0 fully saturated rings. The number of carbonyl (C=O) groups excluding carboxylic acids is 1. The number of carbonyl (C=O) groups is 1. The van der Waals surface area contributed by atoms with E-state index in [9.17, 15) is 19.0 Å². The van der Waals surface area contributed by atoms with Crippen molar-refractivity contribution in [1.29, 1.82) is 0 Å². The van der Waals surface area contributed by atoms with Crippen LogP contribution in [0.5, 0.6) is 0 Å². The van der Waals surface area contributed by atoms with Gasteiger partial charge in [0, 0.05) is 0 Å². The summed E-state index contributed by atoms with van der Waals surface area (Å²) in [4.78, 5) is 30.2. The van der Waals surface area contributed by atoms with Crippen molar-refractivity contribution in [2.45, 2.75) is 6.54 Å². The first-order chi connectivity index (χ1) is 9.17. The largest absolute Gasteiger partial charge is 0.339 e. The Labute approximate surface area is 115 Å². The minimum atomic E-state index is -4.25. The van der Waals surface area contributed by atoms with Crippen LogP contribution in [0, 0.1) is 5.82 Å². The molecule has 0 aliphatic rings. The van der Waals surface area contributed by atoms with Crippen LogP contribution in [0.1, 0.15) is 5.56 Å². The molecule has 9 heteroatoms. The number of nitrogens with zero attached hydrogens (tertiary/aromatic N) is 2. The zero-order valence-electron chi connectivity index (χ0n) is 10.8. The second-order valence-electron chi connectivity index (χ2n) is 4.40. The number of rotatable bonds is 6. The van der Waals surface area contributed by atoms with E-state index in [1.165, 1.54) is 31.3 Å². The zero-order valence-corrected chi connectivity index (χ0v) is 11.7. The average molecular weight is 306 g/mol. The van der Waals surface area contributed by atoms with Gasteiger partial charge < -0.3 is 9.79 Å². The molecule has 7 nitrogen and oxygen atoms in total. The quantitative estimate of drug-likeness (QED) is 0.404. The minimum Gasteiger partial charge on any atom is -0.324 e. The Morgan fingerprint density at radius 2 is 1.85 bits per heavy atom. The fourth-order valence-corrected chi connectivity index (χ4v) is 2.26. The molecule has 0 saturated heterocycles. The molecule has 3 N–H and O–H groups in total. The zero-order chi connectivity index (χ0) is 15.3. The predicted molar refractivity (Wildman–Crippen MR) is 68.3 cm³/mol. The third-order valence-corrected chi connectivity index (χ3v) is 3.22. The third-order valence-electron chi connectivity index (χ3n) is 2.36. The smallest absolute Gasteiger partial charge is 0.324 e. The van der Waals surface area contributed by atoms with E-state index in [0.29, 0.717) is 10.6 Å². The second kappa shape index (κ2) is 6.92. The van der Waals surface area contributed by atoms with E-state index in [1.54, 1.807) is 0 Å². The van der Waals surface area contributed by atoms with E-state index in [-0.39, 0.29) is 13.1 Å². The Kier molecular flexibility index (Phi) is 5.79. The van der Waals surface area contributed by atoms with Crippen LogP contribution in [0.3, 0.4) is 0 Å². The summed E-state index contributed by atoms with van der Waals surface area (Å²) in [5.74, 6) is -1.14. The van der Waals surface area contributed by atoms with Crippen LogP contribution >= 0.6 is 7.60 Å². The van der Waals surface area contributed by atoms with Gasteiger partial charge in [0.25, 0.3) is 5.91 Å². The lowest BCUT2D eigenvalue weighted by atomic mass is 10.2. The molecule has 1 aromatic carbocycles. The van der Waals surface area contributed by atoms with Gasteiger partial charge in [-0.1, -0.05) is 12.1 Å². The summed E-state index contributed by atoms with van der Waals surface area (Å²) in [7, 11) is -2.90. The summed E-state index contributed by atoms with van der Waals surface area (Å²) < 4.78 is 23.4. The van der Waals surface area contributed by atoms with E-state index >= 15 is 0 Å². The van der Waals surface area contributed by atoms with Crippen LogP contribution in [-0.2, 0) is 15.9 Å². The molecule has 20 heavy (non-hydrogen) atoms. The van der Waals surface area contributed by atoms with Crippen molar-refractivity contribution in [3.05, 3.63) is 35.6 Å². The highest BCUT2D eigenvalue weighted by Crippen LogP contribution is 2.34. The molecule has 0 bridgehead atoms. The van der Waals surface area contributed by atoms with Crippen LogP contribution in [0.15, 0.2) is 24.3 Å². The monoisotopic (exact) mass is 306 g/mol. The fourth-order valence-electron chi connectivity index (χ4n) is 1.53. The lowest BCUT2D eigenvalue weighted by Crippen LogP contribution is -2.37. The van der Waals surface area contributed by atoms with Crippen LogP contribution in [0.25, 0.3) is 0 Å². The van der Waals surface area contributed by atoms with E-state index < -0.39 is 25.6 Å². The first-order valence-electron chi connectivity index (χ1n) is 5.64. The highest BCUT2D eigenvalue weighted by Gasteiger charge is 2.20. The van der Waals surface area contributed by atoms with Crippen molar-refractivity contribution < 1.29 is 28.7 Å². The predicted octanol–water partition coefficient (Wildman–Crippen LogP) is 0.610. The molecule has 0 radical (unpaired) electrons. The Hall–Kier alpha value is -1.31. The molecule has 0 aliphatic carbocycles. The lowest BCUT2D eigenvalue weighted by molar-refractivity contribution is -0.168. The standard InChI is InChI=1S/C11H16FN2O5P/c1-13(8-20(17,18)19)7-11(15)14(16)6-9-2-4-10(12)5-3-9/h2-5,16H,6-8H2,1H3,(H2,17,18,19). The van der Waals surface area contributed by atoms with Crippen molar-refractivity contribution in [3.8, 4) is 0 Å². The number of hydroxylamine groups is 2. The van der Waals surface area contributed by atoms with Gasteiger partial charge in [-0.25, -0.2) is 9.45 Å². The first kappa shape index (κ1) is 16.7. The Morgan fingerprint density at radius 1 is 1.30 bits per heavy atom. The molecule has 0 saturated carbocycles. The van der Waals surface area contributed by atoms with Crippen LogP contribution in [0.2, 0.25) is 0 Å². The minimum absolute atomic E-state index is 0.136. The average Bonchev–Trinajstić information content (AvgIpc) is 2.29. The van der Waals surface area contributed by atoms with Crippen LogP contribution in [0.4, 0.5) is 4.39 Å². The number of halogens is 1. The fraction of sp³-hybridized carbons (Fsp3) is 0.364. The van der Waals surface area contributed by atoms with Crippen molar-refractivity contribution in [2.24, 2.45) is 0 Å². The van der Waals surface area contributed by atoms with Crippen molar-refractivity contribution in [2.75, 3.05) is 19.9 Å². The number of hydrogen-bond acceptors (Lipinski definition) is 4. The normalized spacial score (nSPS) is 11.7. The number of likely N-dealkylation sites (N-methyl/N-ethyl adjacent to an activating group) is 1. The third kappa shape index (κ3) is 6.23. The van der Waals surface area contributed by atoms with E-state index in [1.807, 2.05) is 0 Å². The number of hydrogen-bond donors (Lipinski definition) is 3. The molecule has 0 aliphatic heterocycles. The summed E-state index contributed by atoms with van der Waals surface area (Å²) in [6.45, 7) is -0.480. The molecule has 0 atom stereocenters. The van der Waals surface area contributed by atoms with Gasteiger partial charge >= 0.3 is 7.60 Å². The highest BCUT2D eigenvalue weighted by atomic mass is 31.2. The van der Waals surface area contributed by atoms with Crippen molar-refractivity contribution in [3.63, 3.8) is 0 Å². The summed E-state index contributed by atoms with van der Waals surface area (Å²) in [5.41, 5.74) is 0.528. The Bertz CT molecular complexity index is 504. The van der Waals surface area contributed by atoms with E-state index in [2.05, 4.69) is 0 Å². The van der Waals surface area contributed by atoms with Gasteiger partial charge in [0.1, 0.15) is 12.1 Å². The summed E-state index contributed by atoms with van der Waals surface area (Å²) in [6, 6.07) is 5.25. The highest BCUT2D eigenvalue weighted by molar-refractivity contribution is 7.51. The van der Waals surface area contributed by atoms with Gasteiger partial charge in [-0.2, -0.15) is 0 Å². The van der Waals surface area contributed by atoms with Gasteiger partial charge in [-0.15, -0.1) is 0 Å².